The second kappa shape index (κ2) is 12.2. The summed E-state index contributed by atoms with van der Waals surface area (Å²) in [6.07, 6.45) is 4.38. The molecule has 0 aliphatic rings. The van der Waals surface area contributed by atoms with Crippen LogP contribution in [0.2, 0.25) is 0 Å². The number of aliphatic hydroxyl groups is 1. The standard InChI is InChI=1S/C27H28BrN5O5S/c1-18-4-6-19(7-5-18)23-24(33-39(35,36)22-10-8-20(9-11-22)27(2,3)16-34)31-17-32-25(23)37-12-13-38-26-29-14-21(28)15-30-26/h4-11,14-15,17,34H,12-13,16H2,1-3H3,(H,31,32,33,35,36). The van der Waals surface area contributed by atoms with Crippen molar-refractivity contribution in [2.45, 2.75) is 31.1 Å². The molecule has 4 rings (SSSR count). The van der Waals surface area contributed by atoms with Crippen LogP contribution in [0.25, 0.3) is 11.1 Å². The van der Waals surface area contributed by atoms with Gasteiger partial charge in [-0.3, -0.25) is 4.55 Å². The minimum Gasteiger partial charge on any atom is -0.473 e. The highest BCUT2D eigenvalue weighted by atomic mass is 79.9. The first kappa shape index (κ1) is 28.6. The van der Waals surface area contributed by atoms with E-state index in [1.165, 1.54) is 18.5 Å². The van der Waals surface area contributed by atoms with Gasteiger partial charge in [0.15, 0.2) is 15.8 Å². The molecule has 12 heteroatoms. The minimum atomic E-state index is -3.88. The average molecular weight is 615 g/mol. The monoisotopic (exact) mass is 613 g/mol. The van der Waals surface area contributed by atoms with E-state index in [0.29, 0.717) is 11.1 Å². The van der Waals surface area contributed by atoms with Crippen molar-refractivity contribution in [1.82, 2.24) is 19.9 Å². The lowest BCUT2D eigenvalue weighted by atomic mass is 9.86. The van der Waals surface area contributed by atoms with Crippen molar-refractivity contribution in [2.75, 3.05) is 19.8 Å². The van der Waals surface area contributed by atoms with Gasteiger partial charge >= 0.3 is 6.01 Å². The van der Waals surface area contributed by atoms with Crippen LogP contribution in [0.3, 0.4) is 0 Å². The molecule has 1 atom stereocenters. The zero-order chi connectivity index (χ0) is 28.0. The van der Waals surface area contributed by atoms with Crippen LogP contribution in [-0.2, 0) is 15.4 Å². The van der Waals surface area contributed by atoms with E-state index in [0.717, 1.165) is 15.6 Å². The van der Waals surface area contributed by atoms with Crippen molar-refractivity contribution < 1.29 is 23.3 Å². The van der Waals surface area contributed by atoms with Crippen LogP contribution < -0.4 is 9.47 Å². The van der Waals surface area contributed by atoms with Crippen LogP contribution in [0.4, 0.5) is 5.82 Å². The zero-order valence-electron chi connectivity index (χ0n) is 21.6. The molecular formula is C27H28BrN5O5S. The van der Waals surface area contributed by atoms with Crippen LogP contribution in [0.1, 0.15) is 25.0 Å². The Labute approximate surface area is 235 Å². The Balaban J connectivity index is 1.66. The lowest BCUT2D eigenvalue weighted by Crippen LogP contribution is -2.21. The molecule has 4 aromatic rings. The predicted molar refractivity (Wildman–Crippen MR) is 151 cm³/mol. The third-order valence-corrected chi connectivity index (χ3v) is 7.55. The summed E-state index contributed by atoms with van der Waals surface area (Å²) in [5, 5.41) is 9.63. The quantitative estimate of drug-likeness (QED) is 0.226. The molecule has 39 heavy (non-hydrogen) atoms. The molecule has 2 aromatic carbocycles. The van der Waals surface area contributed by atoms with Gasteiger partial charge in [-0.25, -0.2) is 24.1 Å². The zero-order valence-corrected chi connectivity index (χ0v) is 24.0. The van der Waals surface area contributed by atoms with Gasteiger partial charge in [0.25, 0.3) is 0 Å². The molecule has 2 aromatic heterocycles. The average Bonchev–Trinajstić information content (AvgIpc) is 2.93. The fourth-order valence-corrected chi connectivity index (χ4v) is 4.68. The van der Waals surface area contributed by atoms with Crippen molar-refractivity contribution in [1.29, 1.82) is 0 Å². The number of aryl methyl sites for hydroxylation is 1. The van der Waals surface area contributed by atoms with Crippen LogP contribution in [-0.4, -0.2) is 53.6 Å². The number of nitrogens with zero attached hydrogens (tertiary/aromatic N) is 5. The summed E-state index contributed by atoms with van der Waals surface area (Å²) in [7, 11) is -3.88. The number of ether oxygens (including phenoxy) is 2. The Kier molecular flexibility index (Phi) is 8.90. The van der Waals surface area contributed by atoms with Crippen LogP contribution in [0, 0.1) is 6.92 Å². The third kappa shape index (κ3) is 7.15. The number of hydrogen-bond acceptors (Lipinski definition) is 9. The van der Waals surface area contributed by atoms with E-state index in [-0.39, 0.29) is 42.4 Å². The maximum absolute atomic E-state index is 13.4. The Bertz CT molecular complexity index is 1540. The minimum absolute atomic E-state index is 0.00767. The Morgan fingerprint density at radius 3 is 2.23 bits per heavy atom. The summed E-state index contributed by atoms with van der Waals surface area (Å²) in [4.78, 5) is 16.7. The van der Waals surface area contributed by atoms with E-state index >= 15 is 0 Å². The number of rotatable bonds is 10. The molecule has 10 nitrogen and oxygen atoms in total. The lowest BCUT2D eigenvalue weighted by Gasteiger charge is -2.22. The van der Waals surface area contributed by atoms with Gasteiger partial charge in [-0.1, -0.05) is 55.8 Å². The predicted octanol–water partition coefficient (Wildman–Crippen LogP) is 5.36. The van der Waals surface area contributed by atoms with Gasteiger partial charge in [0.2, 0.25) is 5.88 Å². The molecule has 1 unspecified atom stereocenters. The Hall–Kier alpha value is -3.45. The first-order valence-electron chi connectivity index (χ1n) is 12.0. The largest absolute Gasteiger partial charge is 0.473 e. The maximum Gasteiger partial charge on any atom is 0.316 e. The summed E-state index contributed by atoms with van der Waals surface area (Å²) in [6, 6.07) is 14.2. The number of hydrogen-bond donors (Lipinski definition) is 2. The van der Waals surface area contributed by atoms with Crippen molar-refractivity contribution in [3.8, 4) is 23.0 Å². The topological polar surface area (TPSA) is 140 Å². The van der Waals surface area contributed by atoms with Gasteiger partial charge in [-0.2, -0.15) is 4.36 Å². The molecule has 2 N–H and O–H groups in total. The van der Waals surface area contributed by atoms with Gasteiger partial charge in [-0.05, 0) is 46.1 Å². The van der Waals surface area contributed by atoms with Crippen molar-refractivity contribution >= 4 is 31.8 Å². The van der Waals surface area contributed by atoms with E-state index in [9.17, 15) is 13.9 Å². The summed E-state index contributed by atoms with van der Waals surface area (Å²) < 4.78 is 40.6. The molecule has 0 saturated carbocycles. The first-order valence-corrected chi connectivity index (χ1v) is 14.2. The van der Waals surface area contributed by atoms with Crippen LogP contribution in [0.15, 0.2) is 81.0 Å². The van der Waals surface area contributed by atoms with Gasteiger partial charge in [-0.15, -0.1) is 0 Å². The third-order valence-electron chi connectivity index (χ3n) is 5.83. The number of aromatic nitrogens is 4. The smallest absolute Gasteiger partial charge is 0.316 e. The van der Waals surface area contributed by atoms with E-state index in [4.69, 9.17) is 9.47 Å². The highest BCUT2D eigenvalue weighted by Crippen LogP contribution is 2.37. The molecule has 0 spiro atoms. The van der Waals surface area contributed by atoms with E-state index in [1.807, 2.05) is 45.0 Å². The molecule has 0 radical (unpaired) electrons. The molecule has 0 bridgehead atoms. The maximum atomic E-state index is 13.4. The van der Waals surface area contributed by atoms with Crippen LogP contribution >= 0.6 is 15.9 Å². The first-order chi connectivity index (χ1) is 18.6. The molecule has 0 aliphatic heterocycles. The summed E-state index contributed by atoms with van der Waals surface area (Å²) in [5.74, 6) is 0.191. The lowest BCUT2D eigenvalue weighted by molar-refractivity contribution is 0.202. The summed E-state index contributed by atoms with van der Waals surface area (Å²) in [5.41, 5.74) is 2.42. The van der Waals surface area contributed by atoms with E-state index < -0.39 is 15.4 Å². The van der Waals surface area contributed by atoms with Crippen molar-refractivity contribution in [2.24, 2.45) is 4.36 Å². The number of halogens is 1. The van der Waals surface area contributed by atoms with Crippen molar-refractivity contribution in [3.63, 3.8) is 0 Å². The molecule has 204 valence electrons. The molecule has 2 heterocycles. The SMILES string of the molecule is Cc1ccc(-c2c(N=S(=O)(O)c3ccc(C(C)(C)CO)cc3)ncnc2OCCOc2ncc(Br)cn2)cc1. The molecule has 0 aliphatic carbocycles. The van der Waals surface area contributed by atoms with Gasteiger partial charge in [0.05, 0.1) is 21.5 Å². The Morgan fingerprint density at radius 2 is 1.59 bits per heavy atom. The summed E-state index contributed by atoms with van der Waals surface area (Å²) >= 11 is 3.27. The number of aliphatic hydroxyl groups excluding tert-OH is 1. The van der Waals surface area contributed by atoms with Gasteiger partial charge < -0.3 is 14.6 Å². The molecular weight excluding hydrogens is 586 g/mol. The normalized spacial score (nSPS) is 13.0. The van der Waals surface area contributed by atoms with Crippen LogP contribution in [0.5, 0.6) is 11.9 Å². The van der Waals surface area contributed by atoms with Gasteiger partial charge in [0.1, 0.15) is 19.5 Å². The second-order valence-electron chi connectivity index (χ2n) is 9.28. The highest BCUT2D eigenvalue weighted by Gasteiger charge is 2.21. The molecule has 0 saturated heterocycles. The molecule has 0 fully saturated rings. The highest BCUT2D eigenvalue weighted by molar-refractivity contribution is 9.10. The Morgan fingerprint density at radius 1 is 0.949 bits per heavy atom. The second-order valence-corrected chi connectivity index (χ2v) is 11.8. The number of benzene rings is 2. The van der Waals surface area contributed by atoms with E-state index in [1.54, 1.807) is 24.5 Å². The van der Waals surface area contributed by atoms with Crippen molar-refractivity contribution in [3.05, 3.63) is 82.9 Å². The van der Waals surface area contributed by atoms with E-state index in [2.05, 4.69) is 40.2 Å². The fourth-order valence-electron chi connectivity index (χ4n) is 3.50. The molecule has 0 amide bonds. The van der Waals surface area contributed by atoms with Gasteiger partial charge in [0, 0.05) is 17.8 Å². The summed E-state index contributed by atoms with van der Waals surface area (Å²) in [6.45, 7) is 5.91. The fraction of sp³-hybridized carbons (Fsp3) is 0.259.